The van der Waals surface area contributed by atoms with Gasteiger partial charge in [0.2, 0.25) is 0 Å². The van der Waals surface area contributed by atoms with Gasteiger partial charge in [0.25, 0.3) is 0 Å². The molecule has 0 fully saturated rings. The average Bonchev–Trinajstić information content (AvgIpc) is 2.71. The van der Waals surface area contributed by atoms with Gasteiger partial charge in [0.05, 0.1) is 10.9 Å². The zero-order valence-electron chi connectivity index (χ0n) is 13.6. The lowest BCUT2D eigenvalue weighted by Crippen LogP contribution is -2.33. The average molecular weight is 343 g/mol. The predicted molar refractivity (Wildman–Crippen MR) is 96.6 cm³/mol. The standard InChI is InChI=1S/C20H13N3O3/c24-19-17-8-4-5-9-18(17)21-22-23(19)26-20(25)16-12-10-15(11-13-16)14-6-2-1-3-7-14/h1-13H. The minimum absolute atomic E-state index is 0.312. The maximum absolute atomic E-state index is 12.3. The van der Waals surface area contributed by atoms with Gasteiger partial charge in [-0.2, -0.15) is 0 Å². The van der Waals surface area contributed by atoms with Crippen LogP contribution in [-0.4, -0.2) is 21.1 Å². The maximum atomic E-state index is 12.3. The van der Waals surface area contributed by atoms with Crippen molar-refractivity contribution >= 4 is 16.9 Å². The Bertz CT molecular complexity index is 1140. The summed E-state index contributed by atoms with van der Waals surface area (Å²) in [4.78, 5) is 30.3. The summed E-state index contributed by atoms with van der Waals surface area (Å²) in [5, 5.41) is 7.85. The molecule has 4 aromatic rings. The number of benzene rings is 3. The van der Waals surface area contributed by atoms with E-state index in [4.69, 9.17) is 4.84 Å². The van der Waals surface area contributed by atoms with Crippen LogP contribution in [0.5, 0.6) is 0 Å². The Morgan fingerprint density at radius 1 is 0.808 bits per heavy atom. The first-order valence-corrected chi connectivity index (χ1v) is 7.95. The van der Waals surface area contributed by atoms with Crippen molar-refractivity contribution in [1.82, 2.24) is 15.2 Å². The van der Waals surface area contributed by atoms with Crippen LogP contribution in [0.1, 0.15) is 10.4 Å². The van der Waals surface area contributed by atoms with Crippen LogP contribution in [0.4, 0.5) is 0 Å². The zero-order valence-corrected chi connectivity index (χ0v) is 13.6. The Hall–Kier alpha value is -3.80. The van der Waals surface area contributed by atoms with E-state index >= 15 is 0 Å². The van der Waals surface area contributed by atoms with E-state index in [2.05, 4.69) is 10.3 Å². The summed E-state index contributed by atoms with van der Waals surface area (Å²) in [6.45, 7) is 0. The number of rotatable bonds is 3. The van der Waals surface area contributed by atoms with Crippen LogP contribution in [0.25, 0.3) is 22.0 Å². The van der Waals surface area contributed by atoms with Gasteiger partial charge in [0.15, 0.2) is 0 Å². The summed E-state index contributed by atoms with van der Waals surface area (Å²) in [6.07, 6.45) is 0. The lowest BCUT2D eigenvalue weighted by molar-refractivity contribution is 0.0351. The number of nitrogens with zero attached hydrogens (tertiary/aromatic N) is 3. The third kappa shape index (κ3) is 2.95. The number of fused-ring (bicyclic) bond motifs is 1. The van der Waals surface area contributed by atoms with Crippen LogP contribution in [0.2, 0.25) is 0 Å². The molecule has 3 aromatic carbocycles. The molecule has 26 heavy (non-hydrogen) atoms. The molecule has 0 saturated carbocycles. The topological polar surface area (TPSA) is 74.1 Å². The highest BCUT2D eigenvalue weighted by Crippen LogP contribution is 2.19. The first kappa shape index (κ1) is 15.7. The van der Waals surface area contributed by atoms with Crippen LogP contribution < -0.4 is 10.4 Å². The molecule has 0 radical (unpaired) electrons. The molecule has 1 aromatic heterocycles. The van der Waals surface area contributed by atoms with E-state index in [9.17, 15) is 9.59 Å². The summed E-state index contributed by atoms with van der Waals surface area (Å²) >= 11 is 0. The van der Waals surface area contributed by atoms with Crippen molar-refractivity contribution in [2.75, 3.05) is 0 Å². The van der Waals surface area contributed by atoms with Gasteiger partial charge in [0, 0.05) is 0 Å². The van der Waals surface area contributed by atoms with Crippen LogP contribution in [0.15, 0.2) is 83.7 Å². The molecule has 0 saturated heterocycles. The highest BCUT2D eigenvalue weighted by atomic mass is 16.7. The third-order valence-electron chi connectivity index (χ3n) is 3.94. The van der Waals surface area contributed by atoms with Gasteiger partial charge >= 0.3 is 11.5 Å². The van der Waals surface area contributed by atoms with Crippen LogP contribution in [0, 0.1) is 0 Å². The maximum Gasteiger partial charge on any atom is 0.365 e. The minimum atomic E-state index is -0.684. The molecular weight excluding hydrogens is 330 g/mol. The van der Waals surface area contributed by atoms with Crippen molar-refractivity contribution < 1.29 is 9.63 Å². The second-order valence-electron chi connectivity index (χ2n) is 5.61. The van der Waals surface area contributed by atoms with Crippen molar-refractivity contribution in [2.24, 2.45) is 0 Å². The van der Waals surface area contributed by atoms with Gasteiger partial charge in [-0.05, 0) is 45.5 Å². The highest BCUT2D eigenvalue weighted by Gasteiger charge is 2.13. The fourth-order valence-corrected chi connectivity index (χ4v) is 2.59. The first-order chi connectivity index (χ1) is 12.7. The Morgan fingerprint density at radius 2 is 1.46 bits per heavy atom. The molecule has 0 aliphatic heterocycles. The first-order valence-electron chi connectivity index (χ1n) is 7.95. The summed E-state index contributed by atoms with van der Waals surface area (Å²) < 4.78 is 0. The van der Waals surface area contributed by atoms with E-state index in [1.165, 1.54) is 0 Å². The van der Waals surface area contributed by atoms with Gasteiger partial charge in [-0.25, -0.2) is 4.79 Å². The largest absolute Gasteiger partial charge is 0.365 e. The van der Waals surface area contributed by atoms with Crippen molar-refractivity contribution in [3.8, 4) is 11.1 Å². The molecule has 1 heterocycles. The number of carbonyl (C=O) groups excluding carboxylic acids is 1. The molecule has 0 atom stereocenters. The molecule has 0 aliphatic rings. The monoisotopic (exact) mass is 343 g/mol. The smallest absolute Gasteiger partial charge is 0.309 e. The lowest BCUT2D eigenvalue weighted by Gasteiger charge is -2.06. The molecule has 0 aliphatic carbocycles. The minimum Gasteiger partial charge on any atom is -0.309 e. The summed E-state index contributed by atoms with van der Waals surface area (Å²) in [7, 11) is 0. The van der Waals surface area contributed by atoms with Gasteiger partial charge in [-0.1, -0.05) is 54.6 Å². The van der Waals surface area contributed by atoms with Gasteiger partial charge in [-0.15, -0.1) is 5.10 Å². The molecule has 0 bridgehead atoms. The molecular formula is C20H13N3O3. The predicted octanol–water partition coefficient (Wildman–Crippen LogP) is 2.73. The molecule has 0 amide bonds. The fourth-order valence-electron chi connectivity index (χ4n) is 2.59. The number of aromatic nitrogens is 3. The summed E-state index contributed by atoms with van der Waals surface area (Å²) in [6, 6.07) is 23.5. The van der Waals surface area contributed by atoms with Crippen LogP contribution >= 0.6 is 0 Å². The second kappa shape index (κ2) is 6.60. The summed E-state index contributed by atoms with van der Waals surface area (Å²) in [5.41, 5.74) is 2.24. The van der Waals surface area contributed by atoms with Crippen molar-refractivity contribution in [3.63, 3.8) is 0 Å². The van der Waals surface area contributed by atoms with Gasteiger partial charge in [-0.3, -0.25) is 4.79 Å². The molecule has 126 valence electrons. The molecule has 4 rings (SSSR count). The molecule has 6 nitrogen and oxygen atoms in total. The van der Waals surface area contributed by atoms with Crippen LogP contribution in [-0.2, 0) is 0 Å². The second-order valence-corrected chi connectivity index (χ2v) is 5.61. The van der Waals surface area contributed by atoms with E-state index in [1.807, 2.05) is 42.5 Å². The van der Waals surface area contributed by atoms with Crippen LogP contribution in [0.3, 0.4) is 0 Å². The van der Waals surface area contributed by atoms with E-state index in [-0.39, 0.29) is 0 Å². The third-order valence-corrected chi connectivity index (χ3v) is 3.94. The zero-order chi connectivity index (χ0) is 17.9. The lowest BCUT2D eigenvalue weighted by atomic mass is 10.0. The fraction of sp³-hybridized carbons (Fsp3) is 0. The highest BCUT2D eigenvalue weighted by molar-refractivity contribution is 5.90. The molecule has 0 unspecified atom stereocenters. The van der Waals surface area contributed by atoms with E-state index in [0.717, 1.165) is 11.1 Å². The van der Waals surface area contributed by atoms with Gasteiger partial charge < -0.3 is 4.84 Å². The summed E-state index contributed by atoms with van der Waals surface area (Å²) in [5.74, 6) is -0.684. The molecule has 0 N–H and O–H groups in total. The SMILES string of the molecule is O=C(On1nnc2ccccc2c1=O)c1ccc(-c2ccccc2)cc1. The van der Waals surface area contributed by atoms with E-state index < -0.39 is 11.5 Å². The number of hydrogen-bond acceptors (Lipinski definition) is 5. The van der Waals surface area contributed by atoms with Crippen molar-refractivity contribution in [3.05, 3.63) is 94.8 Å². The quantitative estimate of drug-likeness (QED) is 0.535. The Kier molecular flexibility index (Phi) is 3.99. The Balaban J connectivity index is 1.59. The normalized spacial score (nSPS) is 10.6. The Morgan fingerprint density at radius 3 is 2.23 bits per heavy atom. The molecule has 6 heteroatoms. The number of carbonyl (C=O) groups is 1. The van der Waals surface area contributed by atoms with Gasteiger partial charge in [0.1, 0.15) is 5.52 Å². The van der Waals surface area contributed by atoms with E-state index in [0.29, 0.717) is 21.3 Å². The van der Waals surface area contributed by atoms with E-state index in [1.54, 1.807) is 36.4 Å². The Labute approximate surface area is 148 Å². The molecule has 0 spiro atoms. The van der Waals surface area contributed by atoms with Crippen molar-refractivity contribution in [2.45, 2.75) is 0 Å². The van der Waals surface area contributed by atoms with Crippen molar-refractivity contribution in [1.29, 1.82) is 0 Å². The number of hydrogen-bond donors (Lipinski definition) is 0.